The molecule has 2 aromatic rings. The van der Waals surface area contributed by atoms with Gasteiger partial charge in [0.05, 0.1) is 11.2 Å². The predicted octanol–water partition coefficient (Wildman–Crippen LogP) is 4.09. The van der Waals surface area contributed by atoms with E-state index in [4.69, 9.17) is 32.7 Å². The molecule has 0 radical (unpaired) electrons. The second-order valence-corrected chi connectivity index (χ2v) is 5.59. The van der Waals surface area contributed by atoms with Gasteiger partial charge in [0.2, 0.25) is 0 Å². The molecule has 0 aromatic heterocycles. The molecule has 2 aromatic carbocycles. The predicted molar refractivity (Wildman–Crippen MR) is 99.8 cm³/mol. The molecule has 2 rings (SSSR count). The van der Waals surface area contributed by atoms with Gasteiger partial charge in [0, 0.05) is 0 Å². The third-order valence-electron chi connectivity index (χ3n) is 2.90. The van der Waals surface area contributed by atoms with E-state index in [1.807, 2.05) is 18.2 Å². The minimum Gasteiger partial charge on any atom is -0.490 e. The second-order valence-electron chi connectivity index (χ2n) is 4.81. The van der Waals surface area contributed by atoms with Gasteiger partial charge < -0.3 is 9.47 Å². The fourth-order valence-corrected chi connectivity index (χ4v) is 2.14. The SMILES string of the molecule is C=CCOc1cccc(/C=N/NC(=O)COc2cccc(Cl)c2Cl)c1. The average molecular weight is 379 g/mol. The number of carbonyl (C=O) groups is 1. The van der Waals surface area contributed by atoms with Crippen molar-refractivity contribution >= 4 is 35.3 Å². The number of nitrogens with one attached hydrogen (secondary N) is 1. The fraction of sp³-hybridized carbons (Fsp3) is 0.111. The maximum absolute atomic E-state index is 11.7. The van der Waals surface area contributed by atoms with E-state index in [-0.39, 0.29) is 11.6 Å². The van der Waals surface area contributed by atoms with Crippen molar-refractivity contribution in [1.29, 1.82) is 0 Å². The van der Waals surface area contributed by atoms with Gasteiger partial charge in [-0.05, 0) is 29.8 Å². The summed E-state index contributed by atoms with van der Waals surface area (Å²) in [6, 6.07) is 12.2. The molecule has 0 aliphatic rings. The van der Waals surface area contributed by atoms with E-state index < -0.39 is 5.91 Å². The third kappa shape index (κ3) is 6.14. The largest absolute Gasteiger partial charge is 0.490 e. The molecule has 0 aliphatic carbocycles. The quantitative estimate of drug-likeness (QED) is 0.427. The first kappa shape index (κ1) is 18.8. The third-order valence-corrected chi connectivity index (χ3v) is 3.71. The van der Waals surface area contributed by atoms with Crippen LogP contribution in [0, 0.1) is 0 Å². The van der Waals surface area contributed by atoms with E-state index in [0.717, 1.165) is 5.56 Å². The molecule has 0 atom stereocenters. The number of benzene rings is 2. The van der Waals surface area contributed by atoms with Crippen LogP contribution >= 0.6 is 23.2 Å². The van der Waals surface area contributed by atoms with Crippen LogP contribution in [0.25, 0.3) is 0 Å². The summed E-state index contributed by atoms with van der Waals surface area (Å²) in [5.41, 5.74) is 3.15. The van der Waals surface area contributed by atoms with Crippen LogP contribution in [0.3, 0.4) is 0 Å². The summed E-state index contributed by atoms with van der Waals surface area (Å²) in [5.74, 6) is 0.598. The van der Waals surface area contributed by atoms with Gasteiger partial charge in [-0.1, -0.05) is 54.1 Å². The number of carbonyl (C=O) groups excluding carboxylic acids is 1. The standard InChI is InChI=1S/C18H16Cl2N2O3/c1-2-9-24-14-6-3-5-13(10-14)11-21-22-17(23)12-25-16-8-4-7-15(19)18(16)20/h2-8,10-11H,1,9,12H2,(H,22,23)/b21-11+. The second kappa shape index (κ2) is 9.71. The summed E-state index contributed by atoms with van der Waals surface area (Å²) in [7, 11) is 0. The zero-order valence-electron chi connectivity index (χ0n) is 13.2. The van der Waals surface area contributed by atoms with Crippen molar-refractivity contribution in [2.75, 3.05) is 13.2 Å². The Hall–Kier alpha value is -2.50. The lowest BCUT2D eigenvalue weighted by atomic mass is 10.2. The van der Waals surface area contributed by atoms with Crippen molar-refractivity contribution < 1.29 is 14.3 Å². The molecule has 0 unspecified atom stereocenters. The molecule has 0 heterocycles. The molecule has 1 amide bonds. The van der Waals surface area contributed by atoms with Gasteiger partial charge >= 0.3 is 0 Å². The highest BCUT2D eigenvalue weighted by Gasteiger charge is 2.07. The Kier molecular flexibility index (Phi) is 7.32. The molecular weight excluding hydrogens is 363 g/mol. The van der Waals surface area contributed by atoms with Crippen LogP contribution in [0.1, 0.15) is 5.56 Å². The van der Waals surface area contributed by atoms with Crippen LogP contribution in [0.4, 0.5) is 0 Å². The number of amides is 1. The van der Waals surface area contributed by atoms with E-state index in [1.54, 1.807) is 30.3 Å². The van der Waals surface area contributed by atoms with Gasteiger partial charge in [-0.2, -0.15) is 5.10 Å². The van der Waals surface area contributed by atoms with Crippen molar-refractivity contribution in [3.05, 3.63) is 70.7 Å². The van der Waals surface area contributed by atoms with Crippen molar-refractivity contribution in [2.24, 2.45) is 5.10 Å². The van der Waals surface area contributed by atoms with E-state index in [0.29, 0.717) is 23.1 Å². The monoisotopic (exact) mass is 378 g/mol. The van der Waals surface area contributed by atoms with Crippen molar-refractivity contribution in [2.45, 2.75) is 0 Å². The smallest absolute Gasteiger partial charge is 0.277 e. The minimum absolute atomic E-state index is 0.236. The Balaban J connectivity index is 1.84. The normalized spacial score (nSPS) is 10.5. The maximum atomic E-state index is 11.7. The van der Waals surface area contributed by atoms with Crippen molar-refractivity contribution in [3.8, 4) is 11.5 Å². The lowest BCUT2D eigenvalue weighted by molar-refractivity contribution is -0.123. The Morgan fingerprint density at radius 3 is 2.80 bits per heavy atom. The van der Waals surface area contributed by atoms with Gasteiger partial charge in [-0.15, -0.1) is 0 Å². The van der Waals surface area contributed by atoms with Crippen LogP contribution in [-0.4, -0.2) is 25.3 Å². The molecule has 5 nitrogen and oxygen atoms in total. The molecule has 0 aliphatic heterocycles. The summed E-state index contributed by atoms with van der Waals surface area (Å²) < 4.78 is 10.7. The summed E-state index contributed by atoms with van der Waals surface area (Å²) in [5, 5.41) is 4.49. The number of ether oxygens (including phenoxy) is 2. The van der Waals surface area contributed by atoms with E-state index in [1.165, 1.54) is 6.21 Å². The first-order valence-electron chi connectivity index (χ1n) is 7.32. The first-order chi connectivity index (χ1) is 12.1. The molecule has 0 bridgehead atoms. The van der Waals surface area contributed by atoms with E-state index in [2.05, 4.69) is 17.1 Å². The zero-order chi connectivity index (χ0) is 18.1. The number of hydrazone groups is 1. The number of hydrogen-bond donors (Lipinski definition) is 1. The van der Waals surface area contributed by atoms with Crippen LogP contribution < -0.4 is 14.9 Å². The Morgan fingerprint density at radius 2 is 2.00 bits per heavy atom. The van der Waals surface area contributed by atoms with Crippen molar-refractivity contribution in [3.63, 3.8) is 0 Å². The Labute approximate surface area is 155 Å². The number of hydrogen-bond acceptors (Lipinski definition) is 4. The summed E-state index contributed by atoms with van der Waals surface area (Å²) in [6.07, 6.45) is 3.16. The molecule has 25 heavy (non-hydrogen) atoms. The Bertz CT molecular complexity index is 779. The van der Waals surface area contributed by atoms with Gasteiger partial charge in [0.1, 0.15) is 23.1 Å². The maximum Gasteiger partial charge on any atom is 0.277 e. The molecule has 1 N–H and O–H groups in total. The van der Waals surface area contributed by atoms with Gasteiger partial charge in [-0.25, -0.2) is 5.43 Å². The summed E-state index contributed by atoms with van der Waals surface area (Å²) >= 11 is 11.8. The first-order valence-corrected chi connectivity index (χ1v) is 8.08. The van der Waals surface area contributed by atoms with Gasteiger partial charge in [-0.3, -0.25) is 4.79 Å². The molecule has 0 spiro atoms. The fourth-order valence-electron chi connectivity index (χ4n) is 1.79. The highest BCUT2D eigenvalue weighted by molar-refractivity contribution is 6.42. The summed E-state index contributed by atoms with van der Waals surface area (Å²) in [6.45, 7) is 3.77. The molecule has 130 valence electrons. The molecule has 0 saturated carbocycles. The Morgan fingerprint density at radius 1 is 1.20 bits per heavy atom. The van der Waals surface area contributed by atoms with Crippen LogP contribution in [0.15, 0.2) is 60.2 Å². The molecular formula is C18H16Cl2N2O3. The number of halogens is 2. The highest BCUT2D eigenvalue weighted by atomic mass is 35.5. The molecule has 0 saturated heterocycles. The molecule has 7 heteroatoms. The van der Waals surface area contributed by atoms with Crippen LogP contribution in [0.5, 0.6) is 11.5 Å². The minimum atomic E-state index is -0.425. The van der Waals surface area contributed by atoms with Crippen LogP contribution in [-0.2, 0) is 4.79 Å². The number of rotatable bonds is 8. The number of nitrogens with zero attached hydrogens (tertiary/aromatic N) is 1. The topological polar surface area (TPSA) is 59.9 Å². The van der Waals surface area contributed by atoms with Gasteiger partial charge in [0.25, 0.3) is 5.91 Å². The van der Waals surface area contributed by atoms with Crippen LogP contribution in [0.2, 0.25) is 10.0 Å². The average Bonchev–Trinajstić information content (AvgIpc) is 2.61. The highest BCUT2D eigenvalue weighted by Crippen LogP contribution is 2.31. The molecule has 0 fully saturated rings. The lowest BCUT2D eigenvalue weighted by Crippen LogP contribution is -2.24. The lowest BCUT2D eigenvalue weighted by Gasteiger charge is -2.07. The summed E-state index contributed by atoms with van der Waals surface area (Å²) in [4.78, 5) is 11.7. The van der Waals surface area contributed by atoms with E-state index >= 15 is 0 Å². The zero-order valence-corrected chi connectivity index (χ0v) is 14.8. The van der Waals surface area contributed by atoms with Crippen molar-refractivity contribution in [1.82, 2.24) is 5.43 Å². The van der Waals surface area contributed by atoms with Gasteiger partial charge in [0.15, 0.2) is 6.61 Å². The van der Waals surface area contributed by atoms with E-state index in [9.17, 15) is 4.79 Å².